The minimum absolute atomic E-state index is 0.0626. The van der Waals surface area contributed by atoms with Gasteiger partial charge in [0.15, 0.2) is 20.2 Å². The van der Waals surface area contributed by atoms with Gasteiger partial charge >= 0.3 is 5.97 Å². The lowest BCUT2D eigenvalue weighted by Crippen LogP contribution is -2.41. The molecule has 0 aliphatic rings. The molecule has 0 fully saturated rings. The van der Waals surface area contributed by atoms with Crippen molar-refractivity contribution in [1.82, 2.24) is 0 Å². The molecule has 0 aliphatic heterocycles. The van der Waals surface area contributed by atoms with Crippen LogP contribution in [0.2, 0.25) is 18.1 Å². The van der Waals surface area contributed by atoms with Crippen LogP contribution in [0.1, 0.15) is 55.6 Å². The van der Waals surface area contributed by atoms with Crippen LogP contribution in [0.5, 0.6) is 17.2 Å². The number of hydrogen-bond acceptors (Lipinski definition) is 8. The van der Waals surface area contributed by atoms with Gasteiger partial charge in [0.2, 0.25) is 0 Å². The third-order valence-corrected chi connectivity index (χ3v) is 12.4. The SMILES string of the molecule is CCOC(=O)[C@H](Cc1ccc(OCCCOc2ccc(C(=O)c3ccc(OCCO[Si](C)(C)C(C)(C)C)cc3)cc2)cc1)OC. The number of methoxy groups -OCH3 is 1. The van der Waals surface area contributed by atoms with E-state index in [1.165, 1.54) is 7.11 Å². The van der Waals surface area contributed by atoms with Gasteiger partial charge in [0, 0.05) is 31.1 Å². The largest absolute Gasteiger partial charge is 0.493 e. The fourth-order valence-corrected chi connectivity index (χ4v) is 5.14. The highest BCUT2D eigenvalue weighted by Crippen LogP contribution is 2.36. The van der Waals surface area contributed by atoms with E-state index in [0.29, 0.717) is 68.5 Å². The molecule has 0 aliphatic carbocycles. The predicted molar refractivity (Wildman–Crippen MR) is 178 cm³/mol. The monoisotopic (exact) mass is 636 g/mol. The van der Waals surface area contributed by atoms with Gasteiger partial charge in [0.25, 0.3) is 0 Å². The fraction of sp³-hybridized carbons (Fsp3) is 0.444. The summed E-state index contributed by atoms with van der Waals surface area (Å²) in [7, 11) is -0.297. The van der Waals surface area contributed by atoms with E-state index in [2.05, 4.69) is 33.9 Å². The molecule has 0 bridgehead atoms. The van der Waals surface area contributed by atoms with Gasteiger partial charge in [-0.2, -0.15) is 0 Å². The van der Waals surface area contributed by atoms with E-state index in [9.17, 15) is 9.59 Å². The number of rotatable bonds is 18. The summed E-state index contributed by atoms with van der Waals surface area (Å²) in [6.45, 7) is 15.2. The highest BCUT2D eigenvalue weighted by Gasteiger charge is 2.36. The lowest BCUT2D eigenvalue weighted by atomic mass is 10.0. The van der Waals surface area contributed by atoms with Crippen molar-refractivity contribution >= 4 is 20.1 Å². The summed E-state index contributed by atoms with van der Waals surface area (Å²) >= 11 is 0. The van der Waals surface area contributed by atoms with Crippen LogP contribution in [0.25, 0.3) is 0 Å². The van der Waals surface area contributed by atoms with Crippen LogP contribution in [-0.2, 0) is 25.1 Å². The van der Waals surface area contributed by atoms with Crippen molar-refractivity contribution in [1.29, 1.82) is 0 Å². The number of ether oxygens (including phenoxy) is 5. The molecule has 3 aromatic carbocycles. The van der Waals surface area contributed by atoms with E-state index in [0.717, 1.165) is 11.3 Å². The minimum atomic E-state index is -1.80. The minimum Gasteiger partial charge on any atom is -0.493 e. The summed E-state index contributed by atoms with van der Waals surface area (Å²) in [6.07, 6.45) is 0.494. The maximum Gasteiger partial charge on any atom is 0.335 e. The number of hydrogen-bond donors (Lipinski definition) is 0. The zero-order valence-electron chi connectivity index (χ0n) is 27.7. The Bertz CT molecular complexity index is 1330. The van der Waals surface area contributed by atoms with Crippen molar-refractivity contribution in [3.8, 4) is 17.2 Å². The lowest BCUT2D eigenvalue weighted by Gasteiger charge is -2.36. The van der Waals surface area contributed by atoms with E-state index >= 15 is 0 Å². The van der Waals surface area contributed by atoms with Gasteiger partial charge in [-0.05, 0) is 91.3 Å². The number of carbonyl (C=O) groups excluding carboxylic acids is 2. The molecule has 0 heterocycles. The normalized spacial score (nSPS) is 12.3. The molecule has 1 atom stereocenters. The van der Waals surface area contributed by atoms with Crippen LogP contribution in [0, 0.1) is 0 Å². The van der Waals surface area contributed by atoms with E-state index in [4.69, 9.17) is 28.1 Å². The lowest BCUT2D eigenvalue weighted by molar-refractivity contribution is -0.154. The van der Waals surface area contributed by atoms with Crippen molar-refractivity contribution in [2.45, 2.75) is 64.8 Å². The van der Waals surface area contributed by atoms with E-state index in [1.54, 1.807) is 43.3 Å². The van der Waals surface area contributed by atoms with Crippen LogP contribution in [0.15, 0.2) is 72.8 Å². The second kappa shape index (κ2) is 17.1. The molecule has 0 radical (unpaired) electrons. The first kappa shape index (κ1) is 35.8. The first-order chi connectivity index (χ1) is 21.4. The molecule has 3 aromatic rings. The zero-order chi connectivity index (χ0) is 32.9. The summed E-state index contributed by atoms with van der Waals surface area (Å²) < 4.78 is 33.9. The number of esters is 1. The molecule has 0 amide bonds. The molecule has 45 heavy (non-hydrogen) atoms. The van der Waals surface area contributed by atoms with E-state index < -0.39 is 14.4 Å². The highest BCUT2D eigenvalue weighted by atomic mass is 28.4. The molecule has 0 saturated carbocycles. The molecular weight excluding hydrogens is 588 g/mol. The Kier molecular flexibility index (Phi) is 13.6. The Labute approximate surface area is 269 Å². The molecule has 0 aromatic heterocycles. The smallest absolute Gasteiger partial charge is 0.335 e. The Morgan fingerprint density at radius 1 is 0.711 bits per heavy atom. The van der Waals surface area contributed by atoms with Crippen LogP contribution in [0.4, 0.5) is 0 Å². The van der Waals surface area contributed by atoms with Gasteiger partial charge in [-0.1, -0.05) is 32.9 Å². The van der Waals surface area contributed by atoms with Gasteiger partial charge in [-0.25, -0.2) is 4.79 Å². The van der Waals surface area contributed by atoms with Crippen LogP contribution in [-0.4, -0.2) is 66.3 Å². The third-order valence-electron chi connectivity index (χ3n) is 7.86. The van der Waals surface area contributed by atoms with Crippen LogP contribution < -0.4 is 14.2 Å². The Morgan fingerprint density at radius 3 is 1.62 bits per heavy atom. The standard InChI is InChI=1S/C36H48O8Si/c1-8-40-35(38)33(39-5)26-27-10-16-30(17-11-27)41-22-9-23-42-31-18-12-28(13-19-31)34(37)29-14-20-32(21-15-29)43-24-25-44-45(6,7)36(2,3)4/h10-21,33H,8-9,22-26H2,1-7H3/t33-/m0/s1. The fourth-order valence-electron chi connectivity index (χ4n) is 4.12. The molecule has 0 N–H and O–H groups in total. The molecule has 244 valence electrons. The Balaban J connectivity index is 1.36. The first-order valence-electron chi connectivity index (χ1n) is 15.5. The summed E-state index contributed by atoms with van der Waals surface area (Å²) in [5.74, 6) is 1.71. The van der Waals surface area contributed by atoms with Crippen molar-refractivity contribution in [2.24, 2.45) is 0 Å². The highest BCUT2D eigenvalue weighted by molar-refractivity contribution is 6.74. The second-order valence-corrected chi connectivity index (χ2v) is 17.0. The number of carbonyl (C=O) groups is 2. The Hall–Kier alpha value is -3.66. The topological polar surface area (TPSA) is 89.5 Å². The third kappa shape index (κ3) is 11.3. The van der Waals surface area contributed by atoms with Gasteiger partial charge in [0.05, 0.1) is 26.4 Å². The first-order valence-corrected chi connectivity index (χ1v) is 18.4. The zero-order valence-corrected chi connectivity index (χ0v) is 28.7. The number of ketones is 1. The van der Waals surface area contributed by atoms with Gasteiger partial charge in [-0.3, -0.25) is 4.79 Å². The van der Waals surface area contributed by atoms with Crippen LogP contribution >= 0.6 is 0 Å². The van der Waals surface area contributed by atoms with Crippen molar-refractivity contribution < 1.29 is 37.7 Å². The maximum absolute atomic E-state index is 13.0. The quantitative estimate of drug-likeness (QED) is 0.0623. The molecule has 0 unspecified atom stereocenters. The summed E-state index contributed by atoms with van der Waals surface area (Å²) in [5, 5.41) is 0.162. The van der Waals surface area contributed by atoms with Crippen molar-refractivity contribution in [3.05, 3.63) is 89.5 Å². The molecule has 8 nitrogen and oxygen atoms in total. The average molecular weight is 637 g/mol. The molecule has 0 spiro atoms. The van der Waals surface area contributed by atoms with Gasteiger partial charge in [-0.15, -0.1) is 0 Å². The van der Waals surface area contributed by atoms with E-state index in [1.807, 2.05) is 36.4 Å². The molecular formula is C36H48O8Si. The van der Waals surface area contributed by atoms with Crippen LogP contribution in [0.3, 0.4) is 0 Å². The molecule has 9 heteroatoms. The van der Waals surface area contributed by atoms with Crippen molar-refractivity contribution in [3.63, 3.8) is 0 Å². The predicted octanol–water partition coefficient (Wildman–Crippen LogP) is 7.29. The summed E-state index contributed by atoms with van der Waals surface area (Å²) in [6, 6.07) is 21.9. The molecule has 0 saturated heterocycles. The average Bonchev–Trinajstić information content (AvgIpc) is 3.02. The Morgan fingerprint density at radius 2 is 1.18 bits per heavy atom. The summed E-state index contributed by atoms with van der Waals surface area (Å²) in [5.41, 5.74) is 2.14. The summed E-state index contributed by atoms with van der Waals surface area (Å²) in [4.78, 5) is 24.9. The van der Waals surface area contributed by atoms with Gasteiger partial charge in [0.1, 0.15) is 23.9 Å². The maximum atomic E-state index is 13.0. The number of benzene rings is 3. The van der Waals surface area contributed by atoms with Gasteiger partial charge < -0.3 is 28.1 Å². The van der Waals surface area contributed by atoms with E-state index in [-0.39, 0.29) is 16.8 Å². The van der Waals surface area contributed by atoms with Crippen molar-refractivity contribution in [2.75, 3.05) is 40.1 Å². The molecule has 3 rings (SSSR count). The second-order valence-electron chi connectivity index (χ2n) is 12.2.